The Kier molecular flexibility index (Phi) is 6.87. The van der Waals surface area contributed by atoms with Crippen LogP contribution in [0.3, 0.4) is 0 Å². The Hall–Kier alpha value is -2.45. The van der Waals surface area contributed by atoms with Crippen LogP contribution in [-0.2, 0) is 16.0 Å². The molecule has 6 nitrogen and oxygen atoms in total. The van der Waals surface area contributed by atoms with E-state index in [1.807, 2.05) is 13.0 Å². The molecule has 3 rings (SSSR count). The molecule has 0 saturated carbocycles. The van der Waals surface area contributed by atoms with Gasteiger partial charge in [-0.25, -0.2) is 14.8 Å². The van der Waals surface area contributed by atoms with Crippen molar-refractivity contribution in [2.45, 2.75) is 39.1 Å². The Labute approximate surface area is 178 Å². The number of nitrogens with zero attached hydrogens (tertiary/aromatic N) is 2. The number of thioether (sulfide) groups is 1. The van der Waals surface area contributed by atoms with E-state index in [-0.39, 0.29) is 11.7 Å². The summed E-state index contributed by atoms with van der Waals surface area (Å²) in [6.07, 6.45) is 0.843. The number of benzene rings is 1. The van der Waals surface area contributed by atoms with Crippen molar-refractivity contribution >= 4 is 51.0 Å². The van der Waals surface area contributed by atoms with E-state index < -0.39 is 5.97 Å². The van der Waals surface area contributed by atoms with Gasteiger partial charge in [0.1, 0.15) is 9.90 Å². The maximum Gasteiger partial charge on any atom is 0.350 e. The smallest absolute Gasteiger partial charge is 0.350 e. The molecule has 0 saturated heterocycles. The number of fused-ring (bicyclic) bond motifs is 1. The van der Waals surface area contributed by atoms with Gasteiger partial charge in [-0.1, -0.05) is 42.2 Å². The van der Waals surface area contributed by atoms with Crippen LogP contribution in [-0.4, -0.2) is 34.2 Å². The molecule has 0 aliphatic carbocycles. The maximum atomic E-state index is 12.4. The van der Waals surface area contributed by atoms with Gasteiger partial charge >= 0.3 is 5.97 Å². The fraction of sp³-hybridized carbons (Fsp3) is 0.333. The number of amides is 1. The van der Waals surface area contributed by atoms with Crippen molar-refractivity contribution in [1.29, 1.82) is 0 Å². The van der Waals surface area contributed by atoms with Gasteiger partial charge in [-0.05, 0) is 50.5 Å². The van der Waals surface area contributed by atoms with Crippen molar-refractivity contribution in [2.24, 2.45) is 0 Å². The summed E-state index contributed by atoms with van der Waals surface area (Å²) >= 11 is 2.53. The molecule has 29 heavy (non-hydrogen) atoms. The van der Waals surface area contributed by atoms with Gasteiger partial charge in [-0.2, -0.15) is 0 Å². The predicted octanol–water partition coefficient (Wildman–Crippen LogP) is 4.78. The molecular weight excluding hydrogens is 406 g/mol. The first-order chi connectivity index (χ1) is 13.9. The molecule has 0 aliphatic rings. The van der Waals surface area contributed by atoms with Crippen molar-refractivity contribution in [3.05, 3.63) is 46.0 Å². The van der Waals surface area contributed by atoms with Crippen LogP contribution in [0, 0.1) is 13.8 Å². The molecule has 2 heterocycles. The van der Waals surface area contributed by atoms with Gasteiger partial charge in [0.15, 0.2) is 5.13 Å². The van der Waals surface area contributed by atoms with Crippen molar-refractivity contribution < 1.29 is 14.3 Å². The summed E-state index contributed by atoms with van der Waals surface area (Å²) in [7, 11) is 0. The van der Waals surface area contributed by atoms with E-state index in [9.17, 15) is 9.59 Å². The molecule has 0 unspecified atom stereocenters. The quantitative estimate of drug-likeness (QED) is 0.430. The number of carbonyl (C=O) groups excluding carboxylic acids is 2. The van der Waals surface area contributed by atoms with Gasteiger partial charge in [0.05, 0.1) is 23.6 Å². The Morgan fingerprint density at radius 1 is 1.17 bits per heavy atom. The van der Waals surface area contributed by atoms with E-state index in [1.165, 1.54) is 11.8 Å². The standard InChI is InChI=1S/C21H23N3O3S2/c1-5-14-10-15-8-7-12(3)9-16(15)23-19(14)28-11-17(25)24-21-22-13(4)18(29-21)20(26)27-6-2/h7-10H,5-6,11H2,1-4H3,(H,22,24,25). The van der Waals surface area contributed by atoms with Crippen LogP contribution in [0.15, 0.2) is 29.3 Å². The minimum absolute atomic E-state index is 0.188. The number of rotatable bonds is 7. The number of esters is 1. The predicted molar refractivity (Wildman–Crippen MR) is 118 cm³/mol. The number of anilines is 1. The lowest BCUT2D eigenvalue weighted by Crippen LogP contribution is -2.14. The fourth-order valence-electron chi connectivity index (χ4n) is 2.81. The zero-order valence-electron chi connectivity index (χ0n) is 16.9. The number of hydrogen-bond donors (Lipinski definition) is 1. The van der Waals surface area contributed by atoms with Crippen LogP contribution >= 0.6 is 23.1 Å². The van der Waals surface area contributed by atoms with Gasteiger partial charge in [0, 0.05) is 5.39 Å². The summed E-state index contributed by atoms with van der Waals surface area (Å²) in [5.74, 6) is -0.391. The highest BCUT2D eigenvalue weighted by molar-refractivity contribution is 8.00. The normalized spacial score (nSPS) is 10.9. The van der Waals surface area contributed by atoms with E-state index in [0.717, 1.165) is 44.8 Å². The molecule has 0 radical (unpaired) electrons. The molecule has 3 aromatic rings. The number of hydrogen-bond acceptors (Lipinski definition) is 7. The van der Waals surface area contributed by atoms with E-state index in [1.54, 1.807) is 13.8 Å². The van der Waals surface area contributed by atoms with E-state index >= 15 is 0 Å². The first kappa shape index (κ1) is 21.3. The third-order valence-corrected chi connectivity index (χ3v) is 6.32. The molecule has 1 N–H and O–H groups in total. The van der Waals surface area contributed by atoms with Crippen molar-refractivity contribution in [1.82, 2.24) is 9.97 Å². The van der Waals surface area contributed by atoms with Crippen LogP contribution in [0.4, 0.5) is 5.13 Å². The highest BCUT2D eigenvalue weighted by Crippen LogP contribution is 2.27. The monoisotopic (exact) mass is 429 g/mol. The third-order valence-electron chi connectivity index (χ3n) is 4.24. The number of carbonyl (C=O) groups is 2. The molecule has 0 fully saturated rings. The number of ether oxygens (including phenoxy) is 1. The van der Waals surface area contributed by atoms with E-state index in [2.05, 4.69) is 35.4 Å². The van der Waals surface area contributed by atoms with Gasteiger partial charge in [0.2, 0.25) is 5.91 Å². The lowest BCUT2D eigenvalue weighted by Gasteiger charge is -2.09. The van der Waals surface area contributed by atoms with Crippen LogP contribution in [0.5, 0.6) is 0 Å². The second-order valence-electron chi connectivity index (χ2n) is 6.49. The fourth-order valence-corrected chi connectivity index (χ4v) is 4.57. The highest BCUT2D eigenvalue weighted by atomic mass is 32.2. The number of nitrogens with one attached hydrogen (secondary N) is 1. The van der Waals surface area contributed by atoms with E-state index in [4.69, 9.17) is 9.72 Å². The summed E-state index contributed by atoms with van der Waals surface area (Å²) in [6.45, 7) is 7.89. The minimum atomic E-state index is -0.416. The van der Waals surface area contributed by atoms with Crippen molar-refractivity contribution in [2.75, 3.05) is 17.7 Å². The summed E-state index contributed by atoms with van der Waals surface area (Å²) in [6, 6.07) is 8.33. The van der Waals surface area contributed by atoms with Gasteiger partial charge < -0.3 is 10.1 Å². The number of aromatic nitrogens is 2. The van der Waals surface area contributed by atoms with Gasteiger partial charge in [0.25, 0.3) is 0 Å². The summed E-state index contributed by atoms with van der Waals surface area (Å²) in [5, 5.41) is 5.13. The topological polar surface area (TPSA) is 81.2 Å². The minimum Gasteiger partial charge on any atom is -0.462 e. The average molecular weight is 430 g/mol. The van der Waals surface area contributed by atoms with Crippen LogP contribution in [0.25, 0.3) is 10.9 Å². The van der Waals surface area contributed by atoms with Crippen molar-refractivity contribution in [3.8, 4) is 0 Å². The Balaban J connectivity index is 1.69. The first-order valence-corrected chi connectivity index (χ1v) is 11.2. The van der Waals surface area contributed by atoms with Crippen LogP contribution in [0.1, 0.15) is 40.3 Å². The molecule has 0 bridgehead atoms. The lowest BCUT2D eigenvalue weighted by atomic mass is 10.1. The SMILES string of the molecule is CCOC(=O)c1sc(NC(=O)CSc2nc3cc(C)ccc3cc2CC)nc1C. The molecule has 1 aromatic carbocycles. The molecule has 2 aromatic heterocycles. The Morgan fingerprint density at radius 2 is 1.97 bits per heavy atom. The molecule has 0 atom stereocenters. The number of thiazole rings is 1. The van der Waals surface area contributed by atoms with Crippen LogP contribution < -0.4 is 5.32 Å². The summed E-state index contributed by atoms with van der Waals surface area (Å²) in [4.78, 5) is 33.7. The Morgan fingerprint density at radius 3 is 2.69 bits per heavy atom. The third kappa shape index (κ3) is 5.13. The zero-order valence-corrected chi connectivity index (χ0v) is 18.5. The second kappa shape index (κ2) is 9.37. The largest absolute Gasteiger partial charge is 0.462 e. The summed E-state index contributed by atoms with van der Waals surface area (Å²) in [5.41, 5.74) is 3.75. The van der Waals surface area contributed by atoms with E-state index in [0.29, 0.717) is 22.3 Å². The zero-order chi connectivity index (χ0) is 21.0. The second-order valence-corrected chi connectivity index (χ2v) is 8.46. The molecule has 8 heteroatoms. The highest BCUT2D eigenvalue weighted by Gasteiger charge is 2.18. The molecular formula is C21H23N3O3S2. The van der Waals surface area contributed by atoms with Crippen molar-refractivity contribution in [3.63, 3.8) is 0 Å². The van der Waals surface area contributed by atoms with Gasteiger partial charge in [-0.3, -0.25) is 4.79 Å². The molecule has 0 spiro atoms. The summed E-state index contributed by atoms with van der Waals surface area (Å²) < 4.78 is 5.01. The first-order valence-electron chi connectivity index (χ1n) is 9.38. The lowest BCUT2D eigenvalue weighted by molar-refractivity contribution is -0.113. The maximum absolute atomic E-state index is 12.4. The molecule has 152 valence electrons. The molecule has 0 aliphatic heterocycles. The number of pyridine rings is 1. The molecule has 1 amide bonds. The average Bonchev–Trinajstić information content (AvgIpc) is 3.05. The number of aryl methyl sites for hydroxylation is 3. The Bertz CT molecular complexity index is 1060. The van der Waals surface area contributed by atoms with Crippen LogP contribution in [0.2, 0.25) is 0 Å². The van der Waals surface area contributed by atoms with Gasteiger partial charge in [-0.15, -0.1) is 0 Å².